The first kappa shape index (κ1) is 12.1. The van der Waals surface area contributed by atoms with Crippen molar-refractivity contribution in [1.82, 2.24) is 4.90 Å². The number of likely N-dealkylation sites (tertiary alicyclic amines) is 1. The van der Waals surface area contributed by atoms with Crippen molar-refractivity contribution in [1.29, 1.82) is 0 Å². The molecule has 0 radical (unpaired) electrons. The molecule has 2 rings (SSSR count). The van der Waals surface area contributed by atoms with E-state index in [1.54, 1.807) is 0 Å². The summed E-state index contributed by atoms with van der Waals surface area (Å²) in [7, 11) is 0. The number of rotatable bonds is 6. The third-order valence-corrected chi connectivity index (χ3v) is 4.82. The van der Waals surface area contributed by atoms with Crippen LogP contribution in [-0.4, -0.2) is 30.4 Å². The lowest BCUT2D eigenvalue weighted by Crippen LogP contribution is -2.40. The number of hydrogen-bond acceptors (Lipinski definition) is 2. The molecule has 1 aliphatic heterocycles. The van der Waals surface area contributed by atoms with Crippen LogP contribution >= 0.6 is 0 Å². The summed E-state index contributed by atoms with van der Waals surface area (Å²) in [5, 5.41) is 0. The average Bonchev–Trinajstić information content (AvgIpc) is 3.00. The second kappa shape index (κ2) is 4.87. The van der Waals surface area contributed by atoms with Crippen LogP contribution in [-0.2, 0) is 0 Å². The Morgan fingerprint density at radius 1 is 1.38 bits per heavy atom. The van der Waals surface area contributed by atoms with E-state index in [4.69, 9.17) is 0 Å². The maximum Gasteiger partial charge on any atom is 0.0985 e. The van der Waals surface area contributed by atoms with Crippen molar-refractivity contribution in [3.8, 4) is 0 Å². The standard InChI is InChI=1S/C14H26N2/c1-5-11(6-2)7-14-13-8-12(13)9-16(14)10(3)15-4/h10-14H,4-9H2,1-3H3. The van der Waals surface area contributed by atoms with E-state index in [9.17, 15) is 0 Å². The molecule has 0 aromatic heterocycles. The summed E-state index contributed by atoms with van der Waals surface area (Å²) in [4.78, 5) is 6.81. The van der Waals surface area contributed by atoms with Gasteiger partial charge in [-0.15, -0.1) is 0 Å². The Kier molecular flexibility index (Phi) is 3.68. The molecule has 2 nitrogen and oxygen atoms in total. The number of hydrogen-bond donors (Lipinski definition) is 0. The Balaban J connectivity index is 1.96. The van der Waals surface area contributed by atoms with Gasteiger partial charge in [-0.3, -0.25) is 9.89 Å². The van der Waals surface area contributed by atoms with Gasteiger partial charge in [0, 0.05) is 12.6 Å². The lowest BCUT2D eigenvalue weighted by Gasteiger charge is -2.32. The van der Waals surface area contributed by atoms with Crippen LogP contribution < -0.4 is 0 Å². The molecule has 0 amide bonds. The molecular weight excluding hydrogens is 196 g/mol. The summed E-state index contributed by atoms with van der Waals surface area (Å²) in [5.41, 5.74) is 0. The summed E-state index contributed by atoms with van der Waals surface area (Å²) in [6.07, 6.45) is 5.84. The molecule has 92 valence electrons. The number of aliphatic imine (C=N–C) groups is 1. The van der Waals surface area contributed by atoms with Gasteiger partial charge in [0.25, 0.3) is 0 Å². The van der Waals surface area contributed by atoms with Gasteiger partial charge in [0.15, 0.2) is 0 Å². The van der Waals surface area contributed by atoms with Gasteiger partial charge in [0.2, 0.25) is 0 Å². The Morgan fingerprint density at radius 3 is 2.62 bits per heavy atom. The van der Waals surface area contributed by atoms with E-state index in [-0.39, 0.29) is 0 Å². The van der Waals surface area contributed by atoms with Gasteiger partial charge in [-0.05, 0) is 44.2 Å². The minimum Gasteiger partial charge on any atom is -0.282 e. The van der Waals surface area contributed by atoms with Gasteiger partial charge >= 0.3 is 0 Å². The fraction of sp³-hybridized carbons (Fsp3) is 0.929. The third-order valence-electron chi connectivity index (χ3n) is 4.82. The predicted molar refractivity (Wildman–Crippen MR) is 69.8 cm³/mol. The largest absolute Gasteiger partial charge is 0.282 e. The smallest absolute Gasteiger partial charge is 0.0985 e. The van der Waals surface area contributed by atoms with E-state index in [1.807, 2.05) is 0 Å². The van der Waals surface area contributed by atoms with Crippen molar-refractivity contribution in [2.45, 2.75) is 58.7 Å². The molecule has 1 saturated carbocycles. The van der Waals surface area contributed by atoms with Gasteiger partial charge in [-0.1, -0.05) is 26.7 Å². The van der Waals surface area contributed by atoms with Gasteiger partial charge in [-0.25, -0.2) is 0 Å². The highest BCUT2D eigenvalue weighted by atomic mass is 15.3. The highest BCUT2D eigenvalue weighted by Gasteiger charge is 2.53. The molecule has 0 bridgehead atoms. The highest BCUT2D eigenvalue weighted by molar-refractivity contribution is 5.24. The molecule has 1 saturated heterocycles. The van der Waals surface area contributed by atoms with Crippen molar-refractivity contribution < 1.29 is 0 Å². The van der Waals surface area contributed by atoms with Crippen LogP contribution in [0.25, 0.3) is 0 Å². The molecule has 4 atom stereocenters. The summed E-state index contributed by atoms with van der Waals surface area (Å²) >= 11 is 0. The van der Waals surface area contributed by atoms with Crippen LogP contribution in [0.4, 0.5) is 0 Å². The highest BCUT2D eigenvalue weighted by Crippen LogP contribution is 2.52. The topological polar surface area (TPSA) is 15.6 Å². The monoisotopic (exact) mass is 222 g/mol. The Bertz CT molecular complexity index is 247. The molecule has 0 aromatic carbocycles. The summed E-state index contributed by atoms with van der Waals surface area (Å²) < 4.78 is 0. The van der Waals surface area contributed by atoms with Gasteiger partial charge < -0.3 is 0 Å². The van der Waals surface area contributed by atoms with Gasteiger partial charge in [0.1, 0.15) is 0 Å². The maximum atomic E-state index is 4.21. The van der Waals surface area contributed by atoms with Crippen molar-refractivity contribution in [3.05, 3.63) is 0 Å². The van der Waals surface area contributed by atoms with E-state index >= 15 is 0 Å². The molecule has 0 N–H and O–H groups in total. The lowest BCUT2D eigenvalue weighted by molar-refractivity contribution is 0.143. The molecule has 2 aliphatic rings. The zero-order valence-electron chi connectivity index (χ0n) is 11.0. The molecule has 4 unspecified atom stereocenters. The molecule has 2 heteroatoms. The zero-order valence-corrected chi connectivity index (χ0v) is 11.0. The first-order chi connectivity index (χ1) is 7.71. The Morgan fingerprint density at radius 2 is 2.06 bits per heavy atom. The number of nitrogens with zero attached hydrogens (tertiary/aromatic N) is 2. The second-order valence-electron chi connectivity index (χ2n) is 5.66. The van der Waals surface area contributed by atoms with Crippen LogP contribution in [0.2, 0.25) is 0 Å². The summed E-state index contributed by atoms with van der Waals surface area (Å²) in [5.74, 6) is 2.89. The average molecular weight is 222 g/mol. The van der Waals surface area contributed by atoms with E-state index in [2.05, 4.69) is 37.4 Å². The van der Waals surface area contributed by atoms with Crippen molar-refractivity contribution in [2.24, 2.45) is 22.7 Å². The van der Waals surface area contributed by atoms with Gasteiger partial charge in [-0.2, -0.15) is 0 Å². The van der Waals surface area contributed by atoms with Crippen LogP contribution in [0, 0.1) is 17.8 Å². The summed E-state index contributed by atoms with van der Waals surface area (Å²) in [6, 6.07) is 0.801. The molecule has 16 heavy (non-hydrogen) atoms. The van der Waals surface area contributed by atoms with Crippen molar-refractivity contribution in [2.75, 3.05) is 6.54 Å². The first-order valence-corrected chi connectivity index (χ1v) is 6.92. The van der Waals surface area contributed by atoms with Crippen molar-refractivity contribution in [3.63, 3.8) is 0 Å². The Hall–Kier alpha value is -0.370. The molecule has 0 aromatic rings. The Labute approximate surface area is 100 Å². The molecule has 1 aliphatic carbocycles. The minimum absolute atomic E-state index is 0.326. The second-order valence-corrected chi connectivity index (χ2v) is 5.66. The van der Waals surface area contributed by atoms with Crippen LogP contribution in [0.5, 0.6) is 0 Å². The predicted octanol–water partition coefficient (Wildman–Crippen LogP) is 3.18. The maximum absolute atomic E-state index is 4.21. The normalized spacial score (nSPS) is 35.1. The molecule has 0 spiro atoms. The fourth-order valence-corrected chi connectivity index (χ4v) is 3.41. The minimum atomic E-state index is 0.326. The zero-order chi connectivity index (χ0) is 11.7. The molecule has 2 fully saturated rings. The van der Waals surface area contributed by atoms with Crippen molar-refractivity contribution >= 4 is 6.72 Å². The van der Waals surface area contributed by atoms with E-state index in [1.165, 1.54) is 32.2 Å². The SMILES string of the molecule is C=NC(C)N1CC2CC2C1CC(CC)CC. The van der Waals surface area contributed by atoms with Crippen LogP contribution in [0.3, 0.4) is 0 Å². The third kappa shape index (κ3) is 2.17. The van der Waals surface area contributed by atoms with Gasteiger partial charge in [0.05, 0.1) is 6.17 Å². The molecular formula is C14H26N2. The van der Waals surface area contributed by atoms with E-state index < -0.39 is 0 Å². The number of piperidine rings is 1. The quantitative estimate of drug-likeness (QED) is 0.630. The van der Waals surface area contributed by atoms with Crippen LogP contribution in [0.15, 0.2) is 4.99 Å². The van der Waals surface area contributed by atoms with E-state index in [0.29, 0.717) is 6.17 Å². The number of fused-ring (bicyclic) bond motifs is 1. The molecule has 1 heterocycles. The van der Waals surface area contributed by atoms with Crippen LogP contribution in [0.1, 0.15) is 46.5 Å². The van der Waals surface area contributed by atoms with E-state index in [0.717, 1.165) is 23.8 Å². The first-order valence-electron chi connectivity index (χ1n) is 6.92. The lowest BCUT2D eigenvalue weighted by atomic mass is 9.92. The summed E-state index contributed by atoms with van der Waals surface area (Å²) in [6.45, 7) is 11.8. The fourth-order valence-electron chi connectivity index (χ4n) is 3.41.